The summed E-state index contributed by atoms with van der Waals surface area (Å²) in [5.74, 6) is 1.55. The van der Waals surface area contributed by atoms with Crippen molar-refractivity contribution >= 4 is 0 Å². The van der Waals surface area contributed by atoms with Crippen LogP contribution in [-0.2, 0) is 6.61 Å². The molecule has 0 amide bonds. The van der Waals surface area contributed by atoms with Gasteiger partial charge in [0, 0.05) is 5.56 Å². The van der Waals surface area contributed by atoms with Gasteiger partial charge < -0.3 is 14.6 Å². The molecule has 0 aromatic heterocycles. The summed E-state index contributed by atoms with van der Waals surface area (Å²) in [6, 6.07) is 15.4. The smallest absolute Gasteiger partial charge is 0.124 e. The molecule has 0 atom stereocenters. The van der Waals surface area contributed by atoms with E-state index >= 15 is 0 Å². The number of aliphatic hydroxyl groups is 1. The third-order valence-corrected chi connectivity index (χ3v) is 2.74. The molecule has 3 heteroatoms. The second kappa shape index (κ2) is 6.81. The maximum absolute atomic E-state index is 9.17. The van der Waals surface area contributed by atoms with Crippen LogP contribution in [-0.4, -0.2) is 18.3 Å². The van der Waals surface area contributed by atoms with E-state index in [9.17, 15) is 5.11 Å². The summed E-state index contributed by atoms with van der Waals surface area (Å²) in [6.07, 6.45) is 0. The molecule has 2 aromatic rings. The van der Waals surface area contributed by atoms with Crippen molar-refractivity contribution in [2.24, 2.45) is 0 Å². The Labute approximate surface area is 113 Å². The van der Waals surface area contributed by atoms with Crippen molar-refractivity contribution in [2.75, 3.05) is 13.2 Å². The van der Waals surface area contributed by atoms with Crippen LogP contribution in [0.1, 0.15) is 11.1 Å². The predicted octanol–water partition coefficient (Wildman–Crippen LogP) is 2.95. The van der Waals surface area contributed by atoms with Crippen LogP contribution in [0.15, 0.2) is 48.5 Å². The summed E-state index contributed by atoms with van der Waals surface area (Å²) < 4.78 is 11.2. The van der Waals surface area contributed by atoms with Crippen LogP contribution in [0.2, 0.25) is 0 Å². The highest BCUT2D eigenvalue weighted by Gasteiger charge is 2.01. The largest absolute Gasteiger partial charge is 0.490 e. The number of aryl methyl sites for hydroxylation is 1. The lowest BCUT2D eigenvalue weighted by atomic mass is 10.2. The lowest BCUT2D eigenvalue weighted by Gasteiger charge is -2.11. The van der Waals surface area contributed by atoms with Crippen LogP contribution >= 0.6 is 0 Å². The van der Waals surface area contributed by atoms with Gasteiger partial charge in [0.05, 0.1) is 6.61 Å². The zero-order valence-electron chi connectivity index (χ0n) is 11.0. The van der Waals surface area contributed by atoms with E-state index in [2.05, 4.69) is 0 Å². The second-order valence-electron chi connectivity index (χ2n) is 4.28. The number of rotatable bonds is 6. The minimum absolute atomic E-state index is 0.0189. The first-order valence-electron chi connectivity index (χ1n) is 6.30. The van der Waals surface area contributed by atoms with E-state index in [0.29, 0.717) is 19.0 Å². The quantitative estimate of drug-likeness (QED) is 0.810. The zero-order valence-corrected chi connectivity index (χ0v) is 11.0. The van der Waals surface area contributed by atoms with Gasteiger partial charge in [-0.15, -0.1) is 0 Å². The molecule has 0 saturated carbocycles. The fourth-order valence-corrected chi connectivity index (χ4v) is 1.79. The first-order valence-corrected chi connectivity index (χ1v) is 6.30. The zero-order chi connectivity index (χ0) is 13.5. The van der Waals surface area contributed by atoms with Gasteiger partial charge in [0.2, 0.25) is 0 Å². The third kappa shape index (κ3) is 4.00. The highest BCUT2D eigenvalue weighted by Crippen LogP contribution is 2.17. The van der Waals surface area contributed by atoms with Crippen LogP contribution in [0.4, 0.5) is 0 Å². The standard InChI is InChI=1S/C16H18O3/c1-13-5-4-7-15(11-13)18-9-10-19-16-8-3-2-6-14(16)12-17/h2-8,11,17H,9-10,12H2,1H3. The SMILES string of the molecule is Cc1cccc(OCCOc2ccccc2CO)c1. The van der Waals surface area contributed by atoms with Crippen LogP contribution < -0.4 is 9.47 Å². The molecule has 0 aliphatic carbocycles. The van der Waals surface area contributed by atoms with Crippen molar-refractivity contribution in [3.8, 4) is 11.5 Å². The van der Waals surface area contributed by atoms with E-state index in [1.165, 1.54) is 5.56 Å². The molecule has 0 aliphatic heterocycles. The van der Waals surface area contributed by atoms with E-state index in [-0.39, 0.29) is 6.61 Å². The summed E-state index contributed by atoms with van der Waals surface area (Å²) in [7, 11) is 0. The predicted molar refractivity (Wildman–Crippen MR) is 74.5 cm³/mol. The van der Waals surface area contributed by atoms with Gasteiger partial charge in [0.1, 0.15) is 24.7 Å². The molecule has 0 aliphatic rings. The van der Waals surface area contributed by atoms with Crippen LogP contribution in [0.3, 0.4) is 0 Å². The molecular weight excluding hydrogens is 240 g/mol. The van der Waals surface area contributed by atoms with E-state index in [0.717, 1.165) is 11.3 Å². The van der Waals surface area contributed by atoms with Crippen molar-refractivity contribution in [3.63, 3.8) is 0 Å². The van der Waals surface area contributed by atoms with Gasteiger partial charge in [-0.25, -0.2) is 0 Å². The maximum Gasteiger partial charge on any atom is 0.124 e. The van der Waals surface area contributed by atoms with E-state index in [1.54, 1.807) is 0 Å². The van der Waals surface area contributed by atoms with Crippen molar-refractivity contribution < 1.29 is 14.6 Å². The maximum atomic E-state index is 9.17. The fraction of sp³-hybridized carbons (Fsp3) is 0.250. The molecule has 0 saturated heterocycles. The van der Waals surface area contributed by atoms with Gasteiger partial charge in [-0.2, -0.15) is 0 Å². The summed E-state index contributed by atoms with van der Waals surface area (Å²) in [5, 5.41) is 9.17. The molecule has 2 rings (SSSR count). The molecule has 0 spiro atoms. The molecule has 0 bridgehead atoms. The molecule has 19 heavy (non-hydrogen) atoms. The van der Waals surface area contributed by atoms with E-state index < -0.39 is 0 Å². The first kappa shape index (κ1) is 13.4. The fourth-order valence-electron chi connectivity index (χ4n) is 1.79. The lowest BCUT2D eigenvalue weighted by molar-refractivity contribution is 0.210. The van der Waals surface area contributed by atoms with Crippen molar-refractivity contribution in [3.05, 3.63) is 59.7 Å². The number of benzene rings is 2. The Balaban J connectivity index is 1.81. The van der Waals surface area contributed by atoms with Crippen molar-refractivity contribution in [1.82, 2.24) is 0 Å². The second-order valence-corrected chi connectivity index (χ2v) is 4.28. The topological polar surface area (TPSA) is 38.7 Å². The summed E-state index contributed by atoms with van der Waals surface area (Å²) >= 11 is 0. The minimum Gasteiger partial charge on any atom is -0.490 e. The van der Waals surface area contributed by atoms with Crippen molar-refractivity contribution in [2.45, 2.75) is 13.5 Å². The normalized spacial score (nSPS) is 10.2. The minimum atomic E-state index is -0.0189. The van der Waals surface area contributed by atoms with Crippen LogP contribution in [0.25, 0.3) is 0 Å². The number of aliphatic hydroxyl groups excluding tert-OH is 1. The molecular formula is C16H18O3. The van der Waals surface area contributed by atoms with E-state index in [4.69, 9.17) is 9.47 Å². The number of hydrogen-bond donors (Lipinski definition) is 1. The summed E-state index contributed by atoms with van der Waals surface area (Å²) in [4.78, 5) is 0. The van der Waals surface area contributed by atoms with Gasteiger partial charge in [-0.3, -0.25) is 0 Å². The Morgan fingerprint density at radius 3 is 2.53 bits per heavy atom. The average Bonchev–Trinajstić information content (AvgIpc) is 2.44. The number of hydrogen-bond acceptors (Lipinski definition) is 3. The average molecular weight is 258 g/mol. The Hall–Kier alpha value is -2.00. The molecule has 0 fully saturated rings. The molecule has 3 nitrogen and oxygen atoms in total. The van der Waals surface area contributed by atoms with E-state index in [1.807, 2.05) is 55.5 Å². The highest BCUT2D eigenvalue weighted by molar-refractivity contribution is 5.32. The Kier molecular flexibility index (Phi) is 4.81. The summed E-state index contributed by atoms with van der Waals surface area (Å²) in [5.41, 5.74) is 1.96. The molecule has 2 aromatic carbocycles. The van der Waals surface area contributed by atoms with Gasteiger partial charge in [0.15, 0.2) is 0 Å². The van der Waals surface area contributed by atoms with Crippen LogP contribution in [0.5, 0.6) is 11.5 Å². The molecule has 1 N–H and O–H groups in total. The lowest BCUT2D eigenvalue weighted by Crippen LogP contribution is -2.10. The number of ether oxygens (including phenoxy) is 2. The summed E-state index contributed by atoms with van der Waals surface area (Å²) in [6.45, 7) is 2.93. The van der Waals surface area contributed by atoms with Gasteiger partial charge in [-0.05, 0) is 30.7 Å². The Morgan fingerprint density at radius 2 is 1.74 bits per heavy atom. The molecule has 0 heterocycles. The van der Waals surface area contributed by atoms with Gasteiger partial charge in [0.25, 0.3) is 0 Å². The Bertz CT molecular complexity index is 523. The van der Waals surface area contributed by atoms with Crippen LogP contribution in [0, 0.1) is 6.92 Å². The van der Waals surface area contributed by atoms with Gasteiger partial charge >= 0.3 is 0 Å². The third-order valence-electron chi connectivity index (χ3n) is 2.74. The Morgan fingerprint density at radius 1 is 0.947 bits per heavy atom. The number of para-hydroxylation sites is 1. The molecule has 100 valence electrons. The monoisotopic (exact) mass is 258 g/mol. The van der Waals surface area contributed by atoms with Gasteiger partial charge in [-0.1, -0.05) is 30.3 Å². The molecule has 0 radical (unpaired) electrons. The van der Waals surface area contributed by atoms with Crippen molar-refractivity contribution in [1.29, 1.82) is 0 Å². The molecule has 0 unspecified atom stereocenters. The first-order chi connectivity index (χ1) is 9.29. The highest BCUT2D eigenvalue weighted by atomic mass is 16.5.